The number of hydrogen-bond donors (Lipinski definition) is 3. The van der Waals surface area contributed by atoms with E-state index in [1.54, 1.807) is 24.3 Å². The van der Waals surface area contributed by atoms with E-state index in [1.165, 1.54) is 0 Å². The van der Waals surface area contributed by atoms with Crippen LogP contribution in [0.3, 0.4) is 0 Å². The summed E-state index contributed by atoms with van der Waals surface area (Å²) in [5.74, 6) is 0.169. The minimum Gasteiger partial charge on any atom is -0.484 e. The molecule has 0 fully saturated rings. The van der Waals surface area contributed by atoms with Crippen LogP contribution in [0.2, 0.25) is 0 Å². The predicted octanol–water partition coefficient (Wildman–Crippen LogP) is 4.95. The van der Waals surface area contributed by atoms with E-state index in [0.717, 1.165) is 22.3 Å². The first-order valence-electron chi connectivity index (χ1n) is 13.1. The highest BCUT2D eigenvalue weighted by Crippen LogP contribution is 2.36. The molecule has 4 rings (SSSR count). The Labute approximate surface area is 229 Å². The number of carbonyl (C=O) groups excluding carboxylic acids is 2. The molecule has 4 aromatic rings. The number of aliphatic hydroxyl groups excluding tert-OH is 1. The Bertz CT molecular complexity index is 1230. The van der Waals surface area contributed by atoms with Gasteiger partial charge in [0.15, 0.2) is 6.61 Å². The number of rotatable bonds is 12. The molecule has 0 saturated heterocycles. The molecule has 0 spiro atoms. The standard InChI is InChI=1S/C33H34N2O4/c1-25(34-32(38)24-39-30-20-18-26(23-36)19-21-30)17-22-31(37)35-33(27-11-5-2-6-12-27,28-13-7-3-8-14-28)29-15-9-4-10-16-29/h2-16,18-21,25,36H,17,22-24H2,1H3,(H,34,38)(H,35,37). The fraction of sp³-hybridized carbons (Fsp3) is 0.212. The van der Waals surface area contributed by atoms with Crippen LogP contribution in [0.1, 0.15) is 42.0 Å². The molecule has 0 aliphatic carbocycles. The Hall–Kier alpha value is -4.42. The van der Waals surface area contributed by atoms with Crippen LogP contribution < -0.4 is 15.4 Å². The van der Waals surface area contributed by atoms with E-state index in [9.17, 15) is 9.59 Å². The zero-order valence-corrected chi connectivity index (χ0v) is 22.0. The van der Waals surface area contributed by atoms with Gasteiger partial charge in [0.25, 0.3) is 5.91 Å². The minimum absolute atomic E-state index is 0.0466. The molecule has 1 atom stereocenters. The lowest BCUT2D eigenvalue weighted by Gasteiger charge is -2.37. The SMILES string of the molecule is CC(CCC(=O)NC(c1ccccc1)(c1ccccc1)c1ccccc1)NC(=O)COc1ccc(CO)cc1. The highest BCUT2D eigenvalue weighted by atomic mass is 16.5. The van der Waals surface area contributed by atoms with Crippen molar-refractivity contribution in [3.8, 4) is 5.75 Å². The summed E-state index contributed by atoms with van der Waals surface area (Å²) in [6.45, 7) is 1.70. The number of amides is 2. The summed E-state index contributed by atoms with van der Waals surface area (Å²) < 4.78 is 5.53. The number of aliphatic hydroxyl groups is 1. The van der Waals surface area contributed by atoms with Crippen LogP contribution in [0, 0.1) is 0 Å². The van der Waals surface area contributed by atoms with Gasteiger partial charge in [-0.15, -0.1) is 0 Å². The summed E-state index contributed by atoms with van der Waals surface area (Å²) in [6, 6.07) is 36.6. The second-order valence-electron chi connectivity index (χ2n) is 9.49. The lowest BCUT2D eigenvalue weighted by molar-refractivity contribution is -0.125. The molecule has 6 heteroatoms. The summed E-state index contributed by atoms with van der Waals surface area (Å²) in [6.07, 6.45) is 0.705. The van der Waals surface area contributed by atoms with Crippen molar-refractivity contribution < 1.29 is 19.4 Å². The van der Waals surface area contributed by atoms with Crippen molar-refractivity contribution in [3.63, 3.8) is 0 Å². The molecule has 0 aliphatic rings. The van der Waals surface area contributed by atoms with Gasteiger partial charge >= 0.3 is 0 Å². The van der Waals surface area contributed by atoms with Gasteiger partial charge in [-0.1, -0.05) is 103 Å². The molecule has 3 N–H and O–H groups in total. The second-order valence-corrected chi connectivity index (χ2v) is 9.49. The maximum Gasteiger partial charge on any atom is 0.258 e. The number of ether oxygens (including phenoxy) is 1. The molecule has 200 valence electrons. The van der Waals surface area contributed by atoms with Crippen LogP contribution in [-0.2, 0) is 21.7 Å². The van der Waals surface area contributed by atoms with Gasteiger partial charge in [-0.05, 0) is 47.7 Å². The normalized spacial score (nSPS) is 11.8. The Kier molecular flexibility index (Phi) is 9.48. The van der Waals surface area contributed by atoms with Crippen molar-refractivity contribution in [1.29, 1.82) is 0 Å². The van der Waals surface area contributed by atoms with Crippen LogP contribution >= 0.6 is 0 Å². The molecule has 1 unspecified atom stereocenters. The first-order chi connectivity index (χ1) is 19.0. The summed E-state index contributed by atoms with van der Waals surface area (Å²) in [5.41, 5.74) is 2.78. The molecule has 39 heavy (non-hydrogen) atoms. The maximum absolute atomic E-state index is 13.5. The fourth-order valence-electron chi connectivity index (χ4n) is 4.63. The van der Waals surface area contributed by atoms with Crippen LogP contribution in [0.15, 0.2) is 115 Å². The zero-order valence-electron chi connectivity index (χ0n) is 22.0. The lowest BCUT2D eigenvalue weighted by atomic mass is 9.77. The third-order valence-corrected chi connectivity index (χ3v) is 6.63. The molecule has 0 radical (unpaired) electrons. The molecular formula is C33H34N2O4. The van der Waals surface area contributed by atoms with Gasteiger partial charge < -0.3 is 20.5 Å². The van der Waals surface area contributed by atoms with Crippen molar-refractivity contribution in [3.05, 3.63) is 138 Å². The zero-order chi connectivity index (χ0) is 27.5. The molecule has 0 saturated carbocycles. The van der Waals surface area contributed by atoms with E-state index in [-0.39, 0.29) is 37.5 Å². The monoisotopic (exact) mass is 522 g/mol. The van der Waals surface area contributed by atoms with Gasteiger partial charge in [-0.2, -0.15) is 0 Å². The first kappa shape index (κ1) is 27.6. The van der Waals surface area contributed by atoms with Crippen LogP contribution in [0.5, 0.6) is 5.75 Å². The average Bonchev–Trinajstić information content (AvgIpc) is 2.99. The molecule has 0 heterocycles. The summed E-state index contributed by atoms with van der Waals surface area (Å²) in [7, 11) is 0. The van der Waals surface area contributed by atoms with E-state index in [0.29, 0.717) is 12.2 Å². The van der Waals surface area contributed by atoms with Crippen molar-refractivity contribution in [2.45, 2.75) is 38.0 Å². The highest BCUT2D eigenvalue weighted by Gasteiger charge is 2.37. The van der Waals surface area contributed by atoms with Gasteiger partial charge in [0.1, 0.15) is 11.3 Å². The number of benzene rings is 4. The molecule has 0 aliphatic heterocycles. The van der Waals surface area contributed by atoms with E-state index in [4.69, 9.17) is 9.84 Å². The molecule has 4 aromatic carbocycles. The maximum atomic E-state index is 13.5. The van der Waals surface area contributed by atoms with E-state index in [2.05, 4.69) is 10.6 Å². The highest BCUT2D eigenvalue weighted by molar-refractivity contribution is 5.80. The summed E-state index contributed by atoms with van der Waals surface area (Å²) >= 11 is 0. The first-order valence-corrected chi connectivity index (χ1v) is 13.1. The van der Waals surface area contributed by atoms with Crippen molar-refractivity contribution in [1.82, 2.24) is 10.6 Å². The Morgan fingerprint density at radius 2 is 1.23 bits per heavy atom. The van der Waals surface area contributed by atoms with Crippen LogP contribution in [-0.4, -0.2) is 29.6 Å². The second kappa shape index (κ2) is 13.4. The Morgan fingerprint density at radius 1 is 0.744 bits per heavy atom. The number of carbonyl (C=O) groups is 2. The van der Waals surface area contributed by atoms with Gasteiger partial charge in [0.05, 0.1) is 6.61 Å². The minimum atomic E-state index is -0.868. The predicted molar refractivity (Wildman–Crippen MR) is 152 cm³/mol. The van der Waals surface area contributed by atoms with E-state index >= 15 is 0 Å². The molecular weight excluding hydrogens is 488 g/mol. The van der Waals surface area contributed by atoms with Gasteiger partial charge in [-0.3, -0.25) is 9.59 Å². The molecule has 0 bridgehead atoms. The quantitative estimate of drug-likeness (QED) is 0.230. The van der Waals surface area contributed by atoms with Crippen molar-refractivity contribution in [2.75, 3.05) is 6.61 Å². The van der Waals surface area contributed by atoms with Gasteiger partial charge in [0.2, 0.25) is 5.91 Å². The third kappa shape index (κ3) is 7.12. The Balaban J connectivity index is 1.43. The fourth-order valence-corrected chi connectivity index (χ4v) is 4.63. The van der Waals surface area contributed by atoms with Gasteiger partial charge in [-0.25, -0.2) is 0 Å². The molecule has 2 amide bonds. The van der Waals surface area contributed by atoms with Crippen LogP contribution in [0.25, 0.3) is 0 Å². The van der Waals surface area contributed by atoms with Crippen molar-refractivity contribution in [2.24, 2.45) is 0 Å². The lowest BCUT2D eigenvalue weighted by Crippen LogP contribution is -2.48. The number of nitrogens with one attached hydrogen (secondary N) is 2. The number of hydrogen-bond acceptors (Lipinski definition) is 4. The third-order valence-electron chi connectivity index (χ3n) is 6.63. The summed E-state index contributed by atoms with van der Waals surface area (Å²) in [5, 5.41) is 15.4. The van der Waals surface area contributed by atoms with Crippen LogP contribution in [0.4, 0.5) is 0 Å². The Morgan fingerprint density at radius 3 is 1.69 bits per heavy atom. The molecule has 0 aromatic heterocycles. The van der Waals surface area contributed by atoms with E-state index in [1.807, 2.05) is 97.9 Å². The summed E-state index contributed by atoms with van der Waals surface area (Å²) in [4.78, 5) is 25.9. The average molecular weight is 523 g/mol. The smallest absolute Gasteiger partial charge is 0.258 e. The largest absolute Gasteiger partial charge is 0.484 e. The van der Waals surface area contributed by atoms with Crippen molar-refractivity contribution >= 4 is 11.8 Å². The van der Waals surface area contributed by atoms with Gasteiger partial charge in [0, 0.05) is 12.5 Å². The molecule has 6 nitrogen and oxygen atoms in total. The topological polar surface area (TPSA) is 87.7 Å². The van der Waals surface area contributed by atoms with E-state index < -0.39 is 5.54 Å².